The first-order chi connectivity index (χ1) is 24.4. The quantitative estimate of drug-likeness (QED) is 0.0481. The number of guanidine groups is 1. The van der Waals surface area contributed by atoms with Gasteiger partial charge in [0.25, 0.3) is 0 Å². The molecule has 1 amide bonds. The molecule has 2 heterocycles. The molecule has 0 unspecified atom stereocenters. The molecule has 0 radical (unpaired) electrons. The fourth-order valence-corrected chi connectivity index (χ4v) is 10.9. The molecular weight excluding hydrogens is 656 g/mol. The zero-order chi connectivity index (χ0) is 36.4. The number of epoxide rings is 1. The summed E-state index contributed by atoms with van der Waals surface area (Å²) >= 11 is 0. The van der Waals surface area contributed by atoms with E-state index in [9.17, 15) is 29.1 Å². The topological polar surface area (TPSA) is 217 Å². The number of carbonyl (C=O) groups is 4. The van der Waals surface area contributed by atoms with Crippen LogP contribution in [0.1, 0.15) is 121 Å². The third-order valence-corrected chi connectivity index (χ3v) is 13.4. The summed E-state index contributed by atoms with van der Waals surface area (Å²) in [6.45, 7) is 2.64. The molecular formula is C38H54N4O9. The molecule has 1 aliphatic heterocycles. The number of esters is 1. The number of hydrogen-bond acceptors (Lipinski definition) is 9. The number of unbranched alkanes of at least 4 members (excludes halogenated alkanes) is 3. The number of nitrogens with one attached hydrogen (secondary N) is 1. The second-order valence-corrected chi connectivity index (χ2v) is 16.0. The Morgan fingerprint density at radius 1 is 1.04 bits per heavy atom. The van der Waals surface area contributed by atoms with Crippen LogP contribution < -0.4 is 22.4 Å². The predicted molar refractivity (Wildman–Crippen MR) is 186 cm³/mol. The molecule has 6 N–H and O–H groups in total. The van der Waals surface area contributed by atoms with Crippen molar-refractivity contribution < 1.29 is 38.2 Å². The third kappa shape index (κ3) is 7.19. The Labute approximate surface area is 298 Å². The van der Waals surface area contributed by atoms with Crippen LogP contribution in [-0.4, -0.2) is 65.6 Å². The number of nitrogens with two attached hydrogens (primary N) is 2. The van der Waals surface area contributed by atoms with Gasteiger partial charge < -0.3 is 40.6 Å². The van der Waals surface area contributed by atoms with E-state index in [4.69, 9.17) is 25.4 Å². The monoisotopic (exact) mass is 710 g/mol. The lowest BCUT2D eigenvalue weighted by Crippen LogP contribution is -2.59. The molecule has 1 saturated heterocycles. The van der Waals surface area contributed by atoms with E-state index in [0.29, 0.717) is 51.0 Å². The number of carboxylic acids is 1. The molecule has 1 aromatic heterocycles. The van der Waals surface area contributed by atoms with Crippen LogP contribution in [0.3, 0.4) is 0 Å². The molecule has 10 atom stereocenters. The highest BCUT2D eigenvalue weighted by atomic mass is 16.6. The van der Waals surface area contributed by atoms with Gasteiger partial charge in [-0.3, -0.25) is 14.6 Å². The Bertz CT molecular complexity index is 1540. The summed E-state index contributed by atoms with van der Waals surface area (Å²) < 4.78 is 17.8. The first-order valence-corrected chi connectivity index (χ1v) is 18.9. The minimum absolute atomic E-state index is 0.0570. The number of nitrogens with zero attached hydrogens (tertiary/aromatic N) is 1. The minimum Gasteiger partial charge on any atom is -0.480 e. The van der Waals surface area contributed by atoms with Gasteiger partial charge in [0.1, 0.15) is 24.0 Å². The lowest BCUT2D eigenvalue weighted by atomic mass is 9.44. The molecule has 1 aromatic rings. The second-order valence-electron chi connectivity index (χ2n) is 16.0. The van der Waals surface area contributed by atoms with E-state index in [0.717, 1.165) is 56.9 Å². The normalized spacial score (nSPS) is 35.2. The number of aliphatic imine (C=N–C) groups is 1. The molecule has 4 saturated carbocycles. The van der Waals surface area contributed by atoms with Crippen molar-refractivity contribution in [1.29, 1.82) is 0 Å². The Kier molecular flexibility index (Phi) is 11.0. The summed E-state index contributed by atoms with van der Waals surface area (Å²) in [5.74, 6) is -0.670. The highest BCUT2D eigenvalue weighted by Gasteiger charge is 2.81. The molecule has 1 spiro atoms. The molecule has 280 valence electrons. The highest BCUT2D eigenvalue weighted by molar-refractivity contribution is 5.83. The Hall–Kier alpha value is -3.74. The summed E-state index contributed by atoms with van der Waals surface area (Å²) in [7, 11) is 0. The van der Waals surface area contributed by atoms with E-state index < -0.39 is 17.4 Å². The van der Waals surface area contributed by atoms with E-state index in [1.54, 1.807) is 6.26 Å². The van der Waals surface area contributed by atoms with E-state index in [2.05, 4.69) is 17.2 Å². The summed E-state index contributed by atoms with van der Waals surface area (Å²) in [4.78, 5) is 65.1. The molecule has 5 aliphatic rings. The predicted octanol–water partition coefficient (Wildman–Crippen LogP) is 3.95. The maximum atomic E-state index is 13.1. The molecule has 0 bridgehead atoms. The highest BCUT2D eigenvalue weighted by Crippen LogP contribution is 2.77. The van der Waals surface area contributed by atoms with Gasteiger partial charge in [-0.05, 0) is 112 Å². The molecule has 13 heteroatoms. The fraction of sp³-hybridized carbons (Fsp3) is 0.737. The SMILES string of the molecule is C[C@]12CC[C@H]3[C@@H](CC[C@@H]4C[C@@H](OC(=O)CCCCCCC(=O)N[C@@H](CCCN=C(N)N)C(=O)O)CC[C@@]43C=O)[C@]13O[C@@H]3C[C@@H]2c1ccc(=O)oc1. The van der Waals surface area contributed by atoms with Crippen LogP contribution in [0.4, 0.5) is 0 Å². The average molecular weight is 711 g/mol. The van der Waals surface area contributed by atoms with Crippen molar-refractivity contribution in [1.82, 2.24) is 5.32 Å². The molecule has 5 fully saturated rings. The van der Waals surface area contributed by atoms with Crippen LogP contribution in [0.5, 0.6) is 0 Å². The van der Waals surface area contributed by atoms with Gasteiger partial charge in [0, 0.05) is 36.3 Å². The van der Waals surface area contributed by atoms with Crippen LogP contribution in [0.25, 0.3) is 0 Å². The van der Waals surface area contributed by atoms with Gasteiger partial charge in [0.05, 0.1) is 12.4 Å². The van der Waals surface area contributed by atoms with Crippen LogP contribution >= 0.6 is 0 Å². The van der Waals surface area contributed by atoms with Gasteiger partial charge in [-0.15, -0.1) is 0 Å². The van der Waals surface area contributed by atoms with E-state index in [1.165, 1.54) is 12.4 Å². The number of carboxylic acid groups (broad SMARTS) is 1. The number of aliphatic carboxylic acids is 1. The van der Waals surface area contributed by atoms with Crippen LogP contribution in [-0.2, 0) is 28.7 Å². The molecule has 4 aliphatic carbocycles. The van der Waals surface area contributed by atoms with Crippen molar-refractivity contribution in [3.8, 4) is 0 Å². The Balaban J connectivity index is 0.926. The fourth-order valence-electron chi connectivity index (χ4n) is 10.9. The van der Waals surface area contributed by atoms with Gasteiger partial charge in [0.15, 0.2) is 5.96 Å². The zero-order valence-corrected chi connectivity index (χ0v) is 29.7. The minimum atomic E-state index is -1.10. The van der Waals surface area contributed by atoms with Gasteiger partial charge >= 0.3 is 17.6 Å². The standard InChI is InChI=1S/C38H54N4O9/c1-36-16-15-26-27(38(36)30(51-38)20-28(36)23-10-13-32(45)49-21-23)12-11-24-19-25(14-17-37(24,26)22-43)50-33(46)9-5-3-2-4-8-31(44)42-29(34(47)48)7-6-18-41-35(39)40/h10,13,21-22,24-30H,2-9,11-12,14-20H2,1H3,(H,42,44)(H,47,48)(H4,39,40,41)/t24-,25+,26+,27-,28-,29+,30-,36-,37-,38-/m1/s1. The Morgan fingerprint density at radius 2 is 1.82 bits per heavy atom. The first-order valence-electron chi connectivity index (χ1n) is 18.9. The number of carbonyl (C=O) groups excluding carboxylic acids is 3. The first kappa shape index (κ1) is 37.0. The summed E-state index contributed by atoms with van der Waals surface area (Å²) in [5, 5.41) is 12.0. The van der Waals surface area contributed by atoms with Gasteiger partial charge in [-0.25, -0.2) is 9.59 Å². The maximum absolute atomic E-state index is 13.1. The summed E-state index contributed by atoms with van der Waals surface area (Å²) in [5.41, 5.74) is 10.6. The van der Waals surface area contributed by atoms with Gasteiger partial charge in [-0.1, -0.05) is 19.8 Å². The molecule has 6 rings (SSSR count). The van der Waals surface area contributed by atoms with E-state index >= 15 is 0 Å². The molecule has 13 nitrogen and oxygen atoms in total. The smallest absolute Gasteiger partial charge is 0.335 e. The van der Waals surface area contributed by atoms with Crippen molar-refractivity contribution in [2.45, 2.75) is 139 Å². The summed E-state index contributed by atoms with van der Waals surface area (Å²) in [6, 6.07) is 2.43. The van der Waals surface area contributed by atoms with Gasteiger partial charge in [-0.2, -0.15) is 0 Å². The van der Waals surface area contributed by atoms with Gasteiger partial charge in [0.2, 0.25) is 5.91 Å². The van der Waals surface area contributed by atoms with Crippen molar-refractivity contribution in [3.05, 3.63) is 34.4 Å². The largest absolute Gasteiger partial charge is 0.480 e. The maximum Gasteiger partial charge on any atom is 0.335 e. The van der Waals surface area contributed by atoms with Crippen LogP contribution in [0, 0.1) is 28.6 Å². The number of hydrogen-bond donors (Lipinski definition) is 4. The third-order valence-electron chi connectivity index (χ3n) is 13.4. The van der Waals surface area contributed by atoms with E-state index in [-0.39, 0.29) is 77.3 Å². The zero-order valence-electron chi connectivity index (χ0n) is 29.7. The van der Waals surface area contributed by atoms with Crippen molar-refractivity contribution >= 4 is 30.1 Å². The van der Waals surface area contributed by atoms with Crippen LogP contribution in [0.2, 0.25) is 0 Å². The number of rotatable bonds is 16. The lowest BCUT2D eigenvalue weighted by Gasteiger charge is -2.60. The van der Waals surface area contributed by atoms with Crippen molar-refractivity contribution in [2.24, 2.45) is 45.0 Å². The number of amides is 1. The number of ether oxygens (including phenoxy) is 2. The van der Waals surface area contributed by atoms with Crippen molar-refractivity contribution in [3.63, 3.8) is 0 Å². The lowest BCUT2D eigenvalue weighted by molar-refractivity contribution is -0.169. The second kappa shape index (κ2) is 15.1. The Morgan fingerprint density at radius 3 is 2.53 bits per heavy atom. The molecule has 0 aromatic carbocycles. The van der Waals surface area contributed by atoms with Crippen LogP contribution in [0.15, 0.2) is 32.6 Å². The molecule has 51 heavy (non-hydrogen) atoms. The summed E-state index contributed by atoms with van der Waals surface area (Å²) in [6.07, 6.45) is 13.7. The average Bonchev–Trinajstić information content (AvgIpc) is 3.76. The number of fused-ring (bicyclic) bond motifs is 3. The van der Waals surface area contributed by atoms with Crippen molar-refractivity contribution in [2.75, 3.05) is 6.54 Å². The van der Waals surface area contributed by atoms with E-state index in [1.807, 2.05) is 6.07 Å². The number of aldehydes is 1.